The lowest BCUT2D eigenvalue weighted by atomic mass is 10.0. The lowest BCUT2D eigenvalue weighted by molar-refractivity contribution is -0.916. The molecule has 0 spiro atoms. The van der Waals surface area contributed by atoms with Crippen LogP contribution in [0.2, 0.25) is 0 Å². The number of carbonyl (C=O) groups is 2. The molecule has 0 heterocycles. The number of nitrogens with one attached hydrogen (secondary N) is 3. The van der Waals surface area contributed by atoms with E-state index in [1.165, 1.54) is 12.1 Å². The fourth-order valence-corrected chi connectivity index (χ4v) is 2.91. The van der Waals surface area contributed by atoms with Crippen LogP contribution >= 0.6 is 0 Å². The van der Waals surface area contributed by atoms with Gasteiger partial charge >= 0.3 is 12.6 Å². The highest BCUT2D eigenvalue weighted by molar-refractivity contribution is 5.96. The summed E-state index contributed by atoms with van der Waals surface area (Å²) in [7, 11) is 1.83. The van der Waals surface area contributed by atoms with Gasteiger partial charge in [0.05, 0.1) is 7.05 Å². The van der Waals surface area contributed by atoms with Crippen LogP contribution in [0.25, 0.3) is 0 Å². The largest absolute Gasteiger partial charge is 0.435 e. The first-order valence-electron chi connectivity index (χ1n) is 8.90. The lowest BCUT2D eigenvalue weighted by Gasteiger charge is -2.24. The second-order valence-electron chi connectivity index (χ2n) is 6.24. The number of hydrogen-bond donors (Lipinski definition) is 3. The Morgan fingerprint density at radius 2 is 1.71 bits per heavy atom. The summed E-state index contributed by atoms with van der Waals surface area (Å²) >= 11 is 0. The smallest absolute Gasteiger partial charge is 0.387 e. The number of quaternary nitrogens is 1. The van der Waals surface area contributed by atoms with E-state index in [1.54, 1.807) is 19.1 Å². The fraction of sp³-hybridized carbons (Fsp3) is 0.300. The van der Waals surface area contributed by atoms with E-state index >= 15 is 0 Å². The van der Waals surface area contributed by atoms with Crippen LogP contribution in [0, 0.1) is 0 Å². The summed E-state index contributed by atoms with van der Waals surface area (Å²) in [5.41, 5.74) is 1.60. The second-order valence-corrected chi connectivity index (χ2v) is 6.24. The summed E-state index contributed by atoms with van der Waals surface area (Å²) in [5, 5.41) is 4.90. The molecule has 1 unspecified atom stereocenters. The number of halogens is 2. The molecule has 28 heavy (non-hydrogen) atoms. The van der Waals surface area contributed by atoms with Crippen LogP contribution in [0.5, 0.6) is 5.75 Å². The molecule has 2 atom stereocenters. The van der Waals surface area contributed by atoms with E-state index in [0.29, 0.717) is 13.1 Å². The van der Waals surface area contributed by atoms with Crippen LogP contribution in [-0.2, 0) is 11.3 Å². The number of ether oxygens (including phenoxy) is 1. The molecule has 3 amide bonds. The normalized spacial score (nSPS) is 12.9. The molecule has 0 aliphatic carbocycles. The van der Waals surface area contributed by atoms with Crippen LogP contribution in [-0.4, -0.2) is 32.1 Å². The van der Waals surface area contributed by atoms with Gasteiger partial charge in [-0.15, -0.1) is 0 Å². The van der Waals surface area contributed by atoms with Gasteiger partial charge in [-0.25, -0.2) is 4.79 Å². The van der Waals surface area contributed by atoms with E-state index < -0.39 is 24.6 Å². The fourth-order valence-electron chi connectivity index (χ4n) is 2.91. The lowest BCUT2D eigenvalue weighted by Crippen LogP contribution is -3.09. The van der Waals surface area contributed by atoms with E-state index in [9.17, 15) is 18.4 Å². The first-order chi connectivity index (χ1) is 13.4. The van der Waals surface area contributed by atoms with Crippen LogP contribution in [0.1, 0.15) is 24.1 Å². The minimum Gasteiger partial charge on any atom is -0.435 e. The van der Waals surface area contributed by atoms with Crippen molar-refractivity contribution in [1.82, 2.24) is 10.6 Å². The Balaban J connectivity index is 2.15. The third-order valence-corrected chi connectivity index (χ3v) is 4.09. The van der Waals surface area contributed by atoms with Crippen LogP contribution in [0.4, 0.5) is 13.6 Å². The summed E-state index contributed by atoms with van der Waals surface area (Å²) in [6.45, 7) is -0.265. The summed E-state index contributed by atoms with van der Waals surface area (Å²) in [4.78, 5) is 25.3. The van der Waals surface area contributed by atoms with Crippen molar-refractivity contribution in [2.45, 2.75) is 26.1 Å². The number of rotatable bonds is 8. The third kappa shape index (κ3) is 6.31. The highest BCUT2D eigenvalue weighted by Crippen LogP contribution is 2.15. The Labute approximate surface area is 162 Å². The maximum absolute atomic E-state index is 12.7. The minimum absolute atomic E-state index is 0.0741. The zero-order valence-electron chi connectivity index (χ0n) is 15.7. The van der Waals surface area contributed by atoms with Crippen molar-refractivity contribution in [2.24, 2.45) is 0 Å². The molecule has 150 valence electrons. The van der Waals surface area contributed by atoms with Gasteiger partial charge in [-0.3, -0.25) is 10.1 Å². The number of amides is 3. The molecular formula is C20H24F2N3O3+. The Kier molecular flexibility index (Phi) is 7.88. The second kappa shape index (κ2) is 10.4. The van der Waals surface area contributed by atoms with Crippen LogP contribution in [0.3, 0.4) is 0 Å². The zero-order valence-corrected chi connectivity index (χ0v) is 15.7. The molecular weight excluding hydrogens is 368 g/mol. The average molecular weight is 392 g/mol. The molecule has 2 aromatic carbocycles. The SMILES string of the molecule is CCNC(=O)NC(=O)[C@H](c1ccccc1)[NH+](C)Cc1ccc(OC(F)F)cc1. The number of benzene rings is 2. The maximum Gasteiger partial charge on any atom is 0.387 e. The topological polar surface area (TPSA) is 71.9 Å². The molecule has 0 saturated heterocycles. The zero-order chi connectivity index (χ0) is 20.5. The van der Waals surface area contributed by atoms with Gasteiger partial charge in [0.2, 0.25) is 0 Å². The number of carbonyl (C=O) groups excluding carboxylic acids is 2. The molecule has 3 N–H and O–H groups in total. The Hall–Kier alpha value is -3.00. The van der Waals surface area contributed by atoms with Crippen molar-refractivity contribution in [3.8, 4) is 5.75 Å². The van der Waals surface area contributed by atoms with Crippen LogP contribution in [0.15, 0.2) is 54.6 Å². The molecule has 0 aromatic heterocycles. The first-order valence-corrected chi connectivity index (χ1v) is 8.90. The minimum atomic E-state index is -2.88. The maximum atomic E-state index is 12.7. The van der Waals surface area contributed by atoms with E-state index in [4.69, 9.17) is 0 Å². The van der Waals surface area contributed by atoms with Crippen molar-refractivity contribution in [1.29, 1.82) is 0 Å². The van der Waals surface area contributed by atoms with Crippen LogP contribution < -0.4 is 20.3 Å². The third-order valence-electron chi connectivity index (χ3n) is 4.09. The molecule has 0 radical (unpaired) electrons. The van der Waals surface area contributed by atoms with Crippen molar-refractivity contribution in [3.63, 3.8) is 0 Å². The predicted molar refractivity (Wildman–Crippen MR) is 100 cm³/mol. The van der Waals surface area contributed by atoms with Gasteiger partial charge < -0.3 is 15.0 Å². The highest BCUT2D eigenvalue weighted by Gasteiger charge is 2.30. The van der Waals surface area contributed by atoms with Crippen molar-refractivity contribution >= 4 is 11.9 Å². The molecule has 0 aliphatic heterocycles. The number of urea groups is 1. The van der Waals surface area contributed by atoms with Crippen molar-refractivity contribution < 1.29 is 28.0 Å². The standard InChI is InChI=1S/C20H23F2N3O3/c1-3-23-20(27)24-18(26)17(15-7-5-4-6-8-15)25(2)13-14-9-11-16(12-10-14)28-19(21)22/h4-12,17,19H,3,13H2,1-2H3,(H2,23,24,26,27)/p+1/t17-/m0/s1. The van der Waals surface area contributed by atoms with Gasteiger partial charge in [0, 0.05) is 17.7 Å². The number of alkyl halides is 2. The van der Waals surface area contributed by atoms with E-state index in [0.717, 1.165) is 16.0 Å². The van der Waals surface area contributed by atoms with E-state index in [2.05, 4.69) is 15.4 Å². The van der Waals surface area contributed by atoms with E-state index in [-0.39, 0.29) is 5.75 Å². The van der Waals surface area contributed by atoms with Gasteiger partial charge in [-0.2, -0.15) is 8.78 Å². The predicted octanol–water partition coefficient (Wildman–Crippen LogP) is 1.89. The van der Waals surface area contributed by atoms with Gasteiger partial charge in [0.15, 0.2) is 6.04 Å². The molecule has 0 saturated carbocycles. The van der Waals surface area contributed by atoms with Crippen molar-refractivity contribution in [3.05, 3.63) is 65.7 Å². The summed E-state index contributed by atoms with van der Waals surface area (Å²) < 4.78 is 28.9. The monoisotopic (exact) mass is 392 g/mol. The van der Waals surface area contributed by atoms with Crippen molar-refractivity contribution in [2.75, 3.05) is 13.6 Å². The number of likely N-dealkylation sites (N-methyl/N-ethyl adjacent to an activating group) is 1. The Morgan fingerprint density at radius 3 is 2.29 bits per heavy atom. The summed E-state index contributed by atoms with van der Waals surface area (Å²) in [5.74, 6) is -0.350. The van der Waals surface area contributed by atoms with E-state index in [1.807, 2.05) is 37.4 Å². The Morgan fingerprint density at radius 1 is 1.07 bits per heavy atom. The molecule has 8 heteroatoms. The van der Waals surface area contributed by atoms with Gasteiger partial charge in [-0.05, 0) is 31.2 Å². The molecule has 0 bridgehead atoms. The highest BCUT2D eigenvalue weighted by atomic mass is 19.3. The van der Waals surface area contributed by atoms with Gasteiger partial charge in [0.25, 0.3) is 5.91 Å². The molecule has 2 aromatic rings. The first kappa shape index (κ1) is 21.3. The summed E-state index contributed by atoms with van der Waals surface area (Å²) in [6.07, 6.45) is 0. The molecule has 0 aliphatic rings. The quantitative estimate of drug-likeness (QED) is 0.643. The molecule has 2 rings (SSSR count). The van der Waals surface area contributed by atoms with Gasteiger partial charge in [0.1, 0.15) is 12.3 Å². The number of hydrogen-bond acceptors (Lipinski definition) is 3. The van der Waals surface area contributed by atoms with Gasteiger partial charge in [-0.1, -0.05) is 30.3 Å². The molecule has 0 fully saturated rings. The Bertz CT molecular complexity index is 770. The molecule has 6 nitrogen and oxygen atoms in total. The summed E-state index contributed by atoms with van der Waals surface area (Å²) in [6, 6.07) is 14.2. The average Bonchev–Trinajstić information content (AvgIpc) is 2.64. The number of imide groups is 1.